The van der Waals surface area contributed by atoms with Crippen LogP contribution in [0, 0.1) is 12.7 Å². The monoisotopic (exact) mass is 324 g/mol. The lowest BCUT2D eigenvalue weighted by atomic mass is 10.3. The van der Waals surface area contributed by atoms with Crippen molar-refractivity contribution in [2.24, 2.45) is 0 Å². The second-order valence-corrected chi connectivity index (χ2v) is 6.34. The minimum atomic E-state index is -0.554. The van der Waals surface area contributed by atoms with Crippen LogP contribution < -0.4 is 5.32 Å². The molecule has 0 aliphatic rings. The van der Waals surface area contributed by atoms with Crippen molar-refractivity contribution in [2.75, 3.05) is 5.32 Å². The van der Waals surface area contributed by atoms with E-state index in [2.05, 4.69) is 10.3 Å². The van der Waals surface area contributed by atoms with Crippen molar-refractivity contribution in [1.29, 1.82) is 0 Å². The first kappa shape index (κ1) is 15.8. The predicted octanol–water partition coefficient (Wildman–Crippen LogP) is 4.30. The lowest BCUT2D eigenvalue weighted by Gasteiger charge is -2.12. The highest BCUT2D eigenvalue weighted by atomic mass is 35.5. The highest BCUT2D eigenvalue weighted by Gasteiger charge is 2.16. The van der Waals surface area contributed by atoms with Crippen LogP contribution in [0.1, 0.15) is 12.5 Å². The summed E-state index contributed by atoms with van der Waals surface area (Å²) in [5, 5.41) is 3.19. The second kappa shape index (κ2) is 6.91. The van der Waals surface area contributed by atoms with E-state index in [4.69, 9.17) is 11.6 Å². The van der Waals surface area contributed by atoms with E-state index in [-0.39, 0.29) is 16.6 Å². The highest BCUT2D eigenvalue weighted by molar-refractivity contribution is 8.00. The number of halogens is 2. The molecule has 0 spiro atoms. The summed E-state index contributed by atoms with van der Waals surface area (Å²) in [7, 11) is 0. The Labute approximate surface area is 131 Å². The smallest absolute Gasteiger partial charge is 0.237 e. The molecule has 1 unspecified atom stereocenters. The number of pyridine rings is 1. The van der Waals surface area contributed by atoms with Gasteiger partial charge in [0.2, 0.25) is 5.91 Å². The van der Waals surface area contributed by atoms with Crippen LogP contribution in [0.3, 0.4) is 0 Å². The molecule has 0 saturated carbocycles. The molecule has 110 valence electrons. The number of carbonyl (C=O) groups excluding carboxylic acids is 1. The minimum Gasteiger partial charge on any atom is -0.323 e. The predicted molar refractivity (Wildman–Crippen MR) is 84.3 cm³/mol. The number of benzene rings is 1. The summed E-state index contributed by atoms with van der Waals surface area (Å²) < 4.78 is 13.6. The van der Waals surface area contributed by atoms with Crippen LogP contribution >= 0.6 is 23.4 Å². The maximum Gasteiger partial charge on any atom is 0.237 e. The Morgan fingerprint density at radius 1 is 1.38 bits per heavy atom. The van der Waals surface area contributed by atoms with Gasteiger partial charge in [0, 0.05) is 11.2 Å². The van der Waals surface area contributed by atoms with Gasteiger partial charge in [-0.1, -0.05) is 29.4 Å². The SMILES string of the molecule is Cc1ccc(SC(C)C(=O)Nc2ccc(Cl)cc2F)nc1. The van der Waals surface area contributed by atoms with Crippen LogP contribution in [0.2, 0.25) is 5.02 Å². The normalized spacial score (nSPS) is 12.0. The first-order chi connectivity index (χ1) is 9.95. The van der Waals surface area contributed by atoms with E-state index in [9.17, 15) is 9.18 Å². The lowest BCUT2D eigenvalue weighted by molar-refractivity contribution is -0.115. The van der Waals surface area contributed by atoms with Gasteiger partial charge in [-0.2, -0.15) is 0 Å². The third-order valence-electron chi connectivity index (χ3n) is 2.74. The molecular weight excluding hydrogens is 311 g/mol. The fraction of sp³-hybridized carbons (Fsp3) is 0.200. The number of amides is 1. The van der Waals surface area contributed by atoms with Crippen molar-refractivity contribution >= 4 is 35.0 Å². The molecule has 1 aromatic carbocycles. The number of anilines is 1. The Bertz CT molecular complexity index is 649. The van der Waals surface area contributed by atoms with Gasteiger partial charge in [0.1, 0.15) is 5.82 Å². The molecule has 0 aliphatic heterocycles. The topological polar surface area (TPSA) is 42.0 Å². The molecule has 1 atom stereocenters. The molecule has 2 aromatic rings. The van der Waals surface area contributed by atoms with Crippen molar-refractivity contribution in [2.45, 2.75) is 24.1 Å². The summed E-state index contributed by atoms with van der Waals surface area (Å²) in [6, 6.07) is 7.92. The Hall–Kier alpha value is -1.59. The molecule has 0 saturated heterocycles. The average Bonchev–Trinajstić information content (AvgIpc) is 2.44. The zero-order chi connectivity index (χ0) is 15.4. The largest absolute Gasteiger partial charge is 0.323 e. The zero-order valence-electron chi connectivity index (χ0n) is 11.6. The van der Waals surface area contributed by atoms with Crippen molar-refractivity contribution in [3.8, 4) is 0 Å². The lowest BCUT2D eigenvalue weighted by Crippen LogP contribution is -2.23. The molecular formula is C15H14ClFN2OS. The van der Waals surface area contributed by atoms with E-state index < -0.39 is 11.1 Å². The number of carbonyl (C=O) groups is 1. The van der Waals surface area contributed by atoms with Gasteiger partial charge in [0.05, 0.1) is 16.0 Å². The van der Waals surface area contributed by atoms with Crippen LogP contribution in [-0.4, -0.2) is 16.1 Å². The molecule has 1 N–H and O–H groups in total. The first-order valence-corrected chi connectivity index (χ1v) is 7.56. The zero-order valence-corrected chi connectivity index (χ0v) is 13.1. The van der Waals surface area contributed by atoms with Gasteiger partial charge in [0.15, 0.2) is 0 Å². The van der Waals surface area contributed by atoms with Crippen molar-refractivity contribution in [3.63, 3.8) is 0 Å². The van der Waals surface area contributed by atoms with Crippen LogP contribution in [0.25, 0.3) is 0 Å². The number of rotatable bonds is 4. The molecule has 1 aromatic heterocycles. The van der Waals surface area contributed by atoms with Gasteiger partial charge in [0.25, 0.3) is 0 Å². The van der Waals surface area contributed by atoms with E-state index in [1.807, 2.05) is 19.1 Å². The van der Waals surface area contributed by atoms with E-state index >= 15 is 0 Å². The van der Waals surface area contributed by atoms with Crippen LogP contribution in [-0.2, 0) is 4.79 Å². The molecule has 2 rings (SSSR count). The molecule has 0 fully saturated rings. The number of nitrogens with one attached hydrogen (secondary N) is 1. The van der Waals surface area contributed by atoms with Gasteiger partial charge in [-0.15, -0.1) is 0 Å². The number of hydrogen-bond donors (Lipinski definition) is 1. The minimum absolute atomic E-state index is 0.119. The van der Waals surface area contributed by atoms with E-state index in [1.165, 1.54) is 23.9 Å². The molecule has 3 nitrogen and oxygen atoms in total. The quantitative estimate of drug-likeness (QED) is 0.852. The van der Waals surface area contributed by atoms with Gasteiger partial charge in [-0.25, -0.2) is 9.37 Å². The van der Waals surface area contributed by atoms with Crippen molar-refractivity contribution in [3.05, 3.63) is 52.9 Å². The van der Waals surface area contributed by atoms with Gasteiger partial charge >= 0.3 is 0 Å². The Morgan fingerprint density at radius 2 is 2.14 bits per heavy atom. The summed E-state index contributed by atoms with van der Waals surface area (Å²) in [6.45, 7) is 3.69. The van der Waals surface area contributed by atoms with E-state index in [0.29, 0.717) is 0 Å². The third kappa shape index (κ3) is 4.44. The van der Waals surface area contributed by atoms with Crippen molar-refractivity contribution in [1.82, 2.24) is 4.98 Å². The van der Waals surface area contributed by atoms with Gasteiger partial charge in [-0.05, 0) is 43.7 Å². The molecule has 0 radical (unpaired) electrons. The fourth-order valence-electron chi connectivity index (χ4n) is 1.58. The molecule has 1 heterocycles. The maximum absolute atomic E-state index is 13.6. The molecule has 0 bridgehead atoms. The summed E-state index contributed by atoms with van der Waals surface area (Å²) in [6.07, 6.45) is 1.74. The fourth-order valence-corrected chi connectivity index (χ4v) is 2.53. The van der Waals surface area contributed by atoms with Crippen LogP contribution in [0.15, 0.2) is 41.6 Å². The van der Waals surface area contributed by atoms with Gasteiger partial charge < -0.3 is 5.32 Å². The Kier molecular flexibility index (Phi) is 5.20. The summed E-state index contributed by atoms with van der Waals surface area (Å²) in [5.41, 5.74) is 1.17. The third-order valence-corrected chi connectivity index (χ3v) is 4.03. The number of aromatic nitrogens is 1. The van der Waals surface area contributed by atoms with Crippen LogP contribution in [0.5, 0.6) is 0 Å². The standard InChI is InChI=1S/C15H14ClFN2OS/c1-9-3-6-14(18-8-9)21-10(2)15(20)19-13-5-4-11(16)7-12(13)17/h3-8,10H,1-2H3,(H,19,20). The second-order valence-electron chi connectivity index (χ2n) is 4.55. The first-order valence-electron chi connectivity index (χ1n) is 6.31. The Balaban J connectivity index is 2.00. The average molecular weight is 325 g/mol. The van der Waals surface area contributed by atoms with Gasteiger partial charge in [-0.3, -0.25) is 4.79 Å². The van der Waals surface area contributed by atoms with E-state index in [0.717, 1.165) is 16.7 Å². The highest BCUT2D eigenvalue weighted by Crippen LogP contribution is 2.24. The summed E-state index contributed by atoms with van der Waals surface area (Å²) in [5.74, 6) is -0.842. The number of hydrogen-bond acceptors (Lipinski definition) is 3. The van der Waals surface area contributed by atoms with Crippen molar-refractivity contribution < 1.29 is 9.18 Å². The molecule has 6 heteroatoms. The van der Waals surface area contributed by atoms with Crippen LogP contribution in [0.4, 0.5) is 10.1 Å². The summed E-state index contributed by atoms with van der Waals surface area (Å²) in [4.78, 5) is 16.3. The number of nitrogens with zero attached hydrogens (tertiary/aromatic N) is 1. The summed E-state index contributed by atoms with van der Waals surface area (Å²) >= 11 is 6.99. The van der Waals surface area contributed by atoms with E-state index in [1.54, 1.807) is 13.1 Å². The maximum atomic E-state index is 13.6. The Morgan fingerprint density at radius 3 is 2.76 bits per heavy atom. The molecule has 1 amide bonds. The molecule has 0 aliphatic carbocycles. The molecule has 21 heavy (non-hydrogen) atoms. The number of thioether (sulfide) groups is 1. The number of aryl methyl sites for hydroxylation is 1.